The van der Waals surface area contributed by atoms with Gasteiger partial charge in [-0.25, -0.2) is 0 Å². The van der Waals surface area contributed by atoms with Crippen LogP contribution >= 0.6 is 0 Å². The maximum Gasteiger partial charge on any atom is 0.255 e. The zero-order chi connectivity index (χ0) is 14.5. The minimum Gasteiger partial charge on any atom is -0.383 e. The van der Waals surface area contributed by atoms with E-state index >= 15 is 0 Å². The lowest BCUT2D eigenvalue weighted by atomic mass is 9.90. The Hall–Kier alpha value is -1.13. The maximum absolute atomic E-state index is 12.5. The Balaban J connectivity index is 3.20. The second kappa shape index (κ2) is 6.87. The second-order valence-corrected chi connectivity index (χ2v) is 5.72. The van der Waals surface area contributed by atoms with Crippen LogP contribution in [0, 0.1) is 0 Å². The van der Waals surface area contributed by atoms with Crippen LogP contribution in [0.15, 0.2) is 16.9 Å². The first-order valence-electron chi connectivity index (χ1n) is 6.84. The molecule has 0 spiro atoms. The highest BCUT2D eigenvalue weighted by atomic mass is 16.5. The first kappa shape index (κ1) is 15.9. The van der Waals surface area contributed by atoms with E-state index in [-0.39, 0.29) is 11.0 Å². The van der Waals surface area contributed by atoms with Gasteiger partial charge in [0.2, 0.25) is 0 Å². The van der Waals surface area contributed by atoms with Gasteiger partial charge < -0.3 is 14.6 Å². The number of hydrogen-bond donors (Lipinski definition) is 1. The summed E-state index contributed by atoms with van der Waals surface area (Å²) in [4.78, 5) is 12.5. The van der Waals surface area contributed by atoms with Crippen molar-refractivity contribution in [2.45, 2.75) is 46.2 Å². The van der Waals surface area contributed by atoms with Gasteiger partial charge in [0.25, 0.3) is 5.56 Å². The highest BCUT2D eigenvalue weighted by molar-refractivity contribution is 5.21. The van der Waals surface area contributed by atoms with Crippen LogP contribution in [-0.2, 0) is 23.2 Å². The Morgan fingerprint density at radius 1 is 1.32 bits per heavy atom. The van der Waals surface area contributed by atoms with Crippen molar-refractivity contribution in [2.75, 3.05) is 20.3 Å². The molecular formula is C15H26N2O2. The summed E-state index contributed by atoms with van der Waals surface area (Å²) in [6.07, 6.45) is 0. The van der Waals surface area contributed by atoms with Crippen LogP contribution < -0.4 is 10.9 Å². The summed E-state index contributed by atoms with van der Waals surface area (Å²) in [5.41, 5.74) is 1.90. The van der Waals surface area contributed by atoms with Crippen molar-refractivity contribution in [1.29, 1.82) is 0 Å². The molecule has 0 bridgehead atoms. The normalized spacial score (nSPS) is 11.8. The molecular weight excluding hydrogens is 240 g/mol. The molecule has 0 fully saturated rings. The van der Waals surface area contributed by atoms with Crippen molar-refractivity contribution in [3.05, 3.63) is 33.7 Å². The van der Waals surface area contributed by atoms with E-state index in [1.54, 1.807) is 7.11 Å². The summed E-state index contributed by atoms with van der Waals surface area (Å²) >= 11 is 0. The molecule has 1 aromatic rings. The fourth-order valence-corrected chi connectivity index (χ4v) is 2.08. The third kappa shape index (κ3) is 4.18. The molecule has 0 saturated heterocycles. The molecule has 108 valence electrons. The van der Waals surface area contributed by atoms with Crippen molar-refractivity contribution in [3.8, 4) is 0 Å². The summed E-state index contributed by atoms with van der Waals surface area (Å²) in [6.45, 7) is 11.0. The molecule has 0 aliphatic rings. The van der Waals surface area contributed by atoms with Gasteiger partial charge in [-0.1, -0.05) is 33.8 Å². The number of rotatable bonds is 6. The minimum atomic E-state index is -0.0520. The average molecular weight is 266 g/mol. The maximum atomic E-state index is 12.5. The molecule has 19 heavy (non-hydrogen) atoms. The van der Waals surface area contributed by atoms with Crippen molar-refractivity contribution >= 4 is 0 Å². The molecule has 0 aliphatic carbocycles. The highest BCUT2D eigenvalue weighted by Gasteiger charge is 2.19. The van der Waals surface area contributed by atoms with Crippen molar-refractivity contribution in [3.63, 3.8) is 0 Å². The predicted octanol–water partition coefficient (Wildman–Crippen LogP) is 1.90. The third-order valence-corrected chi connectivity index (χ3v) is 3.11. The second-order valence-electron chi connectivity index (χ2n) is 5.72. The fourth-order valence-electron chi connectivity index (χ4n) is 2.08. The highest BCUT2D eigenvalue weighted by Crippen LogP contribution is 2.21. The SMILES string of the molecule is CCNCc1ccc(C(C)(C)C)n(CCOC)c1=O. The van der Waals surface area contributed by atoms with Crippen LogP contribution in [0.25, 0.3) is 0 Å². The van der Waals surface area contributed by atoms with E-state index in [2.05, 4.69) is 32.2 Å². The van der Waals surface area contributed by atoms with E-state index in [0.29, 0.717) is 19.7 Å². The summed E-state index contributed by atoms with van der Waals surface area (Å²) in [5.74, 6) is 0. The van der Waals surface area contributed by atoms with Gasteiger partial charge in [0.05, 0.1) is 6.61 Å². The lowest BCUT2D eigenvalue weighted by Crippen LogP contribution is -2.34. The molecule has 0 atom stereocenters. The number of ether oxygens (including phenoxy) is 1. The minimum absolute atomic E-state index is 0.0520. The van der Waals surface area contributed by atoms with Crippen LogP contribution in [0.4, 0.5) is 0 Å². The smallest absolute Gasteiger partial charge is 0.255 e. The number of nitrogens with one attached hydrogen (secondary N) is 1. The molecule has 1 heterocycles. The summed E-state index contributed by atoms with van der Waals surface area (Å²) in [7, 11) is 1.66. The zero-order valence-electron chi connectivity index (χ0n) is 12.7. The molecule has 0 aromatic carbocycles. The van der Waals surface area contributed by atoms with E-state index in [1.807, 2.05) is 17.6 Å². The standard InChI is InChI=1S/C15H26N2O2/c1-6-16-11-12-7-8-13(15(2,3)4)17(14(12)18)9-10-19-5/h7-8,16H,6,9-11H2,1-5H3. The zero-order valence-corrected chi connectivity index (χ0v) is 12.7. The molecule has 4 heteroatoms. The van der Waals surface area contributed by atoms with Crippen molar-refractivity contribution < 1.29 is 4.74 Å². The van der Waals surface area contributed by atoms with Crippen LogP contribution in [0.3, 0.4) is 0 Å². The van der Waals surface area contributed by atoms with E-state index in [9.17, 15) is 4.79 Å². The summed E-state index contributed by atoms with van der Waals surface area (Å²) in [5, 5.41) is 3.20. The summed E-state index contributed by atoms with van der Waals surface area (Å²) < 4.78 is 6.96. The van der Waals surface area contributed by atoms with Gasteiger partial charge in [0, 0.05) is 36.9 Å². The molecule has 0 amide bonds. The molecule has 0 saturated carbocycles. The number of methoxy groups -OCH3 is 1. The van der Waals surface area contributed by atoms with Crippen molar-refractivity contribution in [1.82, 2.24) is 9.88 Å². The van der Waals surface area contributed by atoms with Gasteiger partial charge in [0.1, 0.15) is 0 Å². The van der Waals surface area contributed by atoms with Crippen LogP contribution in [0.1, 0.15) is 39.0 Å². The predicted molar refractivity (Wildman–Crippen MR) is 78.7 cm³/mol. The first-order chi connectivity index (χ1) is 8.91. The number of aromatic nitrogens is 1. The first-order valence-corrected chi connectivity index (χ1v) is 6.84. The molecule has 4 nitrogen and oxygen atoms in total. The van der Waals surface area contributed by atoms with Gasteiger partial charge in [0.15, 0.2) is 0 Å². The lowest BCUT2D eigenvalue weighted by Gasteiger charge is -2.24. The van der Waals surface area contributed by atoms with Gasteiger partial charge in [-0.2, -0.15) is 0 Å². The molecule has 1 aromatic heterocycles. The fraction of sp³-hybridized carbons (Fsp3) is 0.667. The Morgan fingerprint density at radius 3 is 2.53 bits per heavy atom. The van der Waals surface area contributed by atoms with Gasteiger partial charge in [-0.05, 0) is 12.6 Å². The molecule has 1 rings (SSSR count). The Labute approximate surface area is 115 Å². The van der Waals surface area contributed by atoms with E-state index in [4.69, 9.17) is 4.74 Å². The largest absolute Gasteiger partial charge is 0.383 e. The quantitative estimate of drug-likeness (QED) is 0.855. The van der Waals surface area contributed by atoms with Gasteiger partial charge in [-0.15, -0.1) is 0 Å². The van der Waals surface area contributed by atoms with Gasteiger partial charge in [-0.3, -0.25) is 4.79 Å². The number of nitrogens with zero attached hydrogens (tertiary/aromatic N) is 1. The van der Waals surface area contributed by atoms with Crippen molar-refractivity contribution in [2.24, 2.45) is 0 Å². The third-order valence-electron chi connectivity index (χ3n) is 3.11. The Morgan fingerprint density at radius 2 is 2.00 bits per heavy atom. The topological polar surface area (TPSA) is 43.3 Å². The molecule has 0 unspecified atom stereocenters. The van der Waals surface area contributed by atoms with E-state index < -0.39 is 0 Å². The van der Waals surface area contributed by atoms with E-state index in [0.717, 1.165) is 17.8 Å². The Kier molecular flexibility index (Phi) is 5.76. The van der Waals surface area contributed by atoms with Crippen LogP contribution in [0.5, 0.6) is 0 Å². The molecule has 1 N–H and O–H groups in total. The average Bonchev–Trinajstić information content (AvgIpc) is 2.34. The van der Waals surface area contributed by atoms with Crippen LogP contribution in [0.2, 0.25) is 0 Å². The van der Waals surface area contributed by atoms with Gasteiger partial charge >= 0.3 is 0 Å². The van der Waals surface area contributed by atoms with E-state index in [1.165, 1.54) is 0 Å². The monoisotopic (exact) mass is 266 g/mol. The Bertz CT molecular complexity index is 458. The van der Waals surface area contributed by atoms with Crippen LogP contribution in [-0.4, -0.2) is 24.8 Å². The summed E-state index contributed by atoms with van der Waals surface area (Å²) in [6, 6.07) is 4.00. The molecule has 0 aliphatic heterocycles. The lowest BCUT2D eigenvalue weighted by molar-refractivity contribution is 0.184. The number of hydrogen-bond acceptors (Lipinski definition) is 3. The number of pyridine rings is 1. The molecule has 0 radical (unpaired) electrons.